The van der Waals surface area contributed by atoms with Gasteiger partial charge in [0.25, 0.3) is 5.91 Å². The first kappa shape index (κ1) is 19.9. The number of carbonyl (C=O) groups excluding carboxylic acids is 3. The van der Waals surface area contributed by atoms with Crippen LogP contribution in [0.4, 0.5) is 4.39 Å². The summed E-state index contributed by atoms with van der Waals surface area (Å²) in [6.45, 7) is 4.72. The van der Waals surface area contributed by atoms with Crippen molar-refractivity contribution in [2.45, 2.75) is 32.7 Å². The number of hydrogen-bond donors (Lipinski definition) is 2. The quantitative estimate of drug-likeness (QED) is 0.833. The maximum atomic E-state index is 13.0. The molecule has 1 aromatic carbocycles. The number of piperidine rings is 1. The summed E-state index contributed by atoms with van der Waals surface area (Å²) in [5, 5.41) is 5.40. The number of nitrogens with zero attached hydrogens (tertiary/aromatic N) is 1. The molecule has 0 radical (unpaired) electrons. The zero-order valence-corrected chi connectivity index (χ0v) is 15.4. The van der Waals surface area contributed by atoms with E-state index in [0.29, 0.717) is 31.5 Å². The molecule has 0 spiro atoms. The van der Waals surface area contributed by atoms with Gasteiger partial charge in [-0.25, -0.2) is 4.39 Å². The summed E-state index contributed by atoms with van der Waals surface area (Å²) in [5.74, 6) is -1.14. The predicted molar refractivity (Wildman–Crippen MR) is 95.9 cm³/mol. The van der Waals surface area contributed by atoms with E-state index in [1.165, 1.54) is 24.3 Å². The summed E-state index contributed by atoms with van der Waals surface area (Å²) >= 11 is 0. The van der Waals surface area contributed by atoms with Crippen molar-refractivity contribution < 1.29 is 18.8 Å². The lowest BCUT2D eigenvalue weighted by molar-refractivity contribution is -0.138. The van der Waals surface area contributed by atoms with E-state index in [4.69, 9.17) is 0 Å². The highest BCUT2D eigenvalue weighted by molar-refractivity contribution is 5.97. The molecule has 2 N–H and O–H groups in total. The van der Waals surface area contributed by atoms with Crippen LogP contribution in [0.5, 0.6) is 0 Å². The molecule has 3 amide bonds. The molecule has 2 rings (SSSR count). The van der Waals surface area contributed by atoms with Crippen LogP contribution in [0.2, 0.25) is 0 Å². The average Bonchev–Trinajstić information content (AvgIpc) is 2.65. The standard InChI is InChI=1S/C19H26FN3O3/c1-12(2)16(22-18(25)13-4-6-15(20)7-5-13)19(26)23-10-8-14(9-11-23)17(24)21-3/h4-7,12,14,16H,8-11H2,1-3H3,(H,21,24)(H,22,25). The van der Waals surface area contributed by atoms with Crippen molar-refractivity contribution in [2.24, 2.45) is 11.8 Å². The van der Waals surface area contributed by atoms with Crippen molar-refractivity contribution in [3.05, 3.63) is 35.6 Å². The summed E-state index contributed by atoms with van der Waals surface area (Å²) in [6.07, 6.45) is 1.23. The second kappa shape index (κ2) is 8.78. The van der Waals surface area contributed by atoms with E-state index in [-0.39, 0.29) is 23.7 Å². The zero-order valence-electron chi connectivity index (χ0n) is 15.4. The Kier molecular flexibility index (Phi) is 6.71. The highest BCUT2D eigenvalue weighted by Gasteiger charge is 2.32. The fourth-order valence-corrected chi connectivity index (χ4v) is 3.10. The molecule has 6 nitrogen and oxygen atoms in total. The molecule has 1 saturated heterocycles. The molecule has 1 heterocycles. The summed E-state index contributed by atoms with van der Waals surface area (Å²) in [6, 6.07) is 4.54. The number of carbonyl (C=O) groups is 3. The molecule has 1 aliphatic heterocycles. The lowest BCUT2D eigenvalue weighted by atomic mass is 9.94. The van der Waals surface area contributed by atoms with Crippen LogP contribution in [0.3, 0.4) is 0 Å². The van der Waals surface area contributed by atoms with Gasteiger partial charge in [-0.3, -0.25) is 14.4 Å². The van der Waals surface area contributed by atoms with Crippen LogP contribution in [-0.2, 0) is 9.59 Å². The topological polar surface area (TPSA) is 78.5 Å². The van der Waals surface area contributed by atoms with Crippen molar-refractivity contribution in [1.82, 2.24) is 15.5 Å². The van der Waals surface area contributed by atoms with Gasteiger partial charge in [0, 0.05) is 31.6 Å². The number of likely N-dealkylation sites (tertiary alicyclic amines) is 1. The van der Waals surface area contributed by atoms with E-state index in [9.17, 15) is 18.8 Å². The smallest absolute Gasteiger partial charge is 0.251 e. The molecule has 1 aromatic rings. The molecule has 1 aliphatic rings. The summed E-state index contributed by atoms with van der Waals surface area (Å²) in [7, 11) is 1.61. The molecule has 0 saturated carbocycles. The van der Waals surface area contributed by atoms with Gasteiger partial charge in [-0.1, -0.05) is 13.8 Å². The van der Waals surface area contributed by atoms with Gasteiger partial charge in [-0.15, -0.1) is 0 Å². The number of halogens is 1. The van der Waals surface area contributed by atoms with Crippen molar-refractivity contribution in [3.63, 3.8) is 0 Å². The van der Waals surface area contributed by atoms with Crippen LogP contribution in [0, 0.1) is 17.7 Å². The average molecular weight is 363 g/mol. The van der Waals surface area contributed by atoms with Gasteiger partial charge in [0.05, 0.1) is 0 Å². The van der Waals surface area contributed by atoms with E-state index < -0.39 is 17.8 Å². The van der Waals surface area contributed by atoms with Gasteiger partial charge in [0.2, 0.25) is 11.8 Å². The maximum Gasteiger partial charge on any atom is 0.251 e. The number of nitrogens with one attached hydrogen (secondary N) is 2. The zero-order chi connectivity index (χ0) is 19.3. The first-order valence-electron chi connectivity index (χ1n) is 8.90. The Labute approximate surface area is 153 Å². The molecule has 0 aromatic heterocycles. The Balaban J connectivity index is 2.00. The first-order chi connectivity index (χ1) is 12.3. The molecular weight excluding hydrogens is 337 g/mol. The second-order valence-corrected chi connectivity index (χ2v) is 6.92. The van der Waals surface area contributed by atoms with Crippen LogP contribution < -0.4 is 10.6 Å². The highest BCUT2D eigenvalue weighted by Crippen LogP contribution is 2.19. The van der Waals surface area contributed by atoms with Crippen molar-refractivity contribution in [2.75, 3.05) is 20.1 Å². The maximum absolute atomic E-state index is 13.0. The van der Waals surface area contributed by atoms with E-state index in [2.05, 4.69) is 10.6 Å². The molecule has 1 fully saturated rings. The van der Waals surface area contributed by atoms with Gasteiger partial charge in [-0.05, 0) is 43.0 Å². The van der Waals surface area contributed by atoms with Crippen LogP contribution in [0.25, 0.3) is 0 Å². The van der Waals surface area contributed by atoms with E-state index >= 15 is 0 Å². The minimum Gasteiger partial charge on any atom is -0.359 e. The number of rotatable bonds is 5. The Morgan fingerprint density at radius 3 is 2.19 bits per heavy atom. The third kappa shape index (κ3) is 4.80. The summed E-state index contributed by atoms with van der Waals surface area (Å²) in [5.41, 5.74) is 0.308. The number of benzene rings is 1. The molecule has 26 heavy (non-hydrogen) atoms. The predicted octanol–water partition coefficient (Wildman–Crippen LogP) is 1.56. The van der Waals surface area contributed by atoms with Crippen LogP contribution in [0.15, 0.2) is 24.3 Å². The summed E-state index contributed by atoms with van der Waals surface area (Å²) < 4.78 is 13.0. The second-order valence-electron chi connectivity index (χ2n) is 6.92. The molecule has 142 valence electrons. The summed E-state index contributed by atoms with van der Waals surface area (Å²) in [4.78, 5) is 38.7. The third-order valence-corrected chi connectivity index (χ3v) is 4.75. The molecule has 1 unspecified atom stereocenters. The molecule has 0 bridgehead atoms. The number of hydrogen-bond acceptors (Lipinski definition) is 3. The van der Waals surface area contributed by atoms with Gasteiger partial charge in [0.1, 0.15) is 11.9 Å². The minimum atomic E-state index is -0.663. The highest BCUT2D eigenvalue weighted by atomic mass is 19.1. The van der Waals surface area contributed by atoms with Crippen molar-refractivity contribution in [1.29, 1.82) is 0 Å². The van der Waals surface area contributed by atoms with E-state index in [1.807, 2.05) is 13.8 Å². The minimum absolute atomic E-state index is 0.00196. The van der Waals surface area contributed by atoms with Gasteiger partial charge in [-0.2, -0.15) is 0 Å². The normalized spacial score (nSPS) is 16.3. The number of amides is 3. The first-order valence-corrected chi connectivity index (χ1v) is 8.90. The Hall–Kier alpha value is -2.44. The van der Waals surface area contributed by atoms with Crippen LogP contribution in [0.1, 0.15) is 37.0 Å². The Morgan fingerprint density at radius 1 is 1.12 bits per heavy atom. The molecule has 0 aliphatic carbocycles. The van der Waals surface area contributed by atoms with Crippen LogP contribution >= 0.6 is 0 Å². The lowest BCUT2D eigenvalue weighted by Gasteiger charge is -2.34. The van der Waals surface area contributed by atoms with Gasteiger partial charge >= 0.3 is 0 Å². The largest absolute Gasteiger partial charge is 0.359 e. The monoisotopic (exact) mass is 363 g/mol. The lowest BCUT2D eigenvalue weighted by Crippen LogP contribution is -2.53. The van der Waals surface area contributed by atoms with Gasteiger partial charge < -0.3 is 15.5 Å². The molecular formula is C19H26FN3O3. The Morgan fingerprint density at radius 2 is 1.69 bits per heavy atom. The van der Waals surface area contributed by atoms with Crippen molar-refractivity contribution >= 4 is 17.7 Å². The Bertz CT molecular complexity index is 652. The fraction of sp³-hybridized carbons (Fsp3) is 0.526. The van der Waals surface area contributed by atoms with Crippen molar-refractivity contribution in [3.8, 4) is 0 Å². The molecule has 1 atom stereocenters. The van der Waals surface area contributed by atoms with Gasteiger partial charge in [0.15, 0.2) is 0 Å². The third-order valence-electron chi connectivity index (χ3n) is 4.75. The van der Waals surface area contributed by atoms with E-state index in [0.717, 1.165) is 0 Å². The fourth-order valence-electron chi connectivity index (χ4n) is 3.10. The van der Waals surface area contributed by atoms with E-state index in [1.54, 1.807) is 11.9 Å². The molecule has 7 heteroatoms. The van der Waals surface area contributed by atoms with Crippen LogP contribution in [-0.4, -0.2) is 48.8 Å². The SMILES string of the molecule is CNC(=O)C1CCN(C(=O)C(NC(=O)c2ccc(F)cc2)C(C)C)CC1.